The smallest absolute Gasteiger partial charge is 0.179 e. The molecule has 0 fully saturated rings. The Morgan fingerprint density at radius 2 is 0.505 bits per heavy atom. The molecule has 0 aliphatic heterocycles. The van der Waals surface area contributed by atoms with E-state index in [4.69, 9.17) is 39.9 Å². The molecule has 0 atom stereocenters. The van der Waals surface area contributed by atoms with Gasteiger partial charge >= 0.3 is 0 Å². The van der Waals surface area contributed by atoms with Crippen LogP contribution in [0.25, 0.3) is 155 Å². The summed E-state index contributed by atoms with van der Waals surface area (Å²) in [6, 6.07) is 113. The minimum Gasteiger partial charge on any atom is -0.256 e. The van der Waals surface area contributed by atoms with E-state index in [1.54, 1.807) is 0 Å². The third kappa shape index (κ3) is 9.91. The lowest BCUT2D eigenvalue weighted by Crippen LogP contribution is -2.74. The molecule has 0 unspecified atom stereocenters. The van der Waals surface area contributed by atoms with E-state index in [0.29, 0.717) is 0 Å². The van der Waals surface area contributed by atoms with Crippen LogP contribution >= 0.6 is 0 Å². The fourth-order valence-corrected chi connectivity index (χ4v) is 19.4. The average molecular weight is 1250 g/mol. The minimum absolute atomic E-state index is 0.768. The van der Waals surface area contributed by atoms with Gasteiger partial charge in [0, 0.05) is 68.2 Å². The van der Waals surface area contributed by atoms with E-state index in [1.165, 1.54) is 20.7 Å². The third-order valence-corrected chi connectivity index (χ3v) is 23.7. The Morgan fingerprint density at radius 3 is 0.907 bits per heavy atom. The number of hydrogen-bond donors (Lipinski definition) is 0. The standard InChI is InChI=1S/C88H56N8Si/c1-5-23-57(24-6-1)73-55-81(77-41-13-15-47-89-77)95-87-67(73)43-45-69-75(53-79(93-85(69)87)71-39-19-27-59-31-21-49-91-83(59)71)61-29-17-37-65(51-61)97(63-33-9-3-10-34-63,64-35-11-4-12-36-64)66-38-18-30-62(52-66)76-54-80(72-40-20-28-60-32-22-50-92-84(60)72)94-86-70(76)46-44-68-74(58-25-7-2-8-26-58)56-82(96-88(68)86)78-42-14-16-48-90-78/h1-56H. The van der Waals surface area contributed by atoms with Crippen LogP contribution < -0.4 is 20.7 Å². The van der Waals surface area contributed by atoms with Gasteiger partial charge in [0.15, 0.2) is 8.07 Å². The fourth-order valence-electron chi connectivity index (χ4n) is 14.5. The highest BCUT2D eigenvalue weighted by molar-refractivity contribution is 7.20. The molecule has 8 heterocycles. The molecule has 0 aliphatic rings. The molecule has 18 aromatic rings. The van der Waals surface area contributed by atoms with Crippen molar-refractivity contribution in [2.75, 3.05) is 0 Å². The second-order valence-corrected chi connectivity index (χ2v) is 28.3. The van der Waals surface area contributed by atoms with Crippen molar-refractivity contribution in [1.29, 1.82) is 0 Å². The summed E-state index contributed by atoms with van der Waals surface area (Å²) < 4.78 is 0. The molecule has 97 heavy (non-hydrogen) atoms. The maximum atomic E-state index is 5.72. The second kappa shape index (κ2) is 23.9. The summed E-state index contributed by atoms with van der Waals surface area (Å²) >= 11 is 0. The van der Waals surface area contributed by atoms with E-state index in [2.05, 4.69) is 267 Å². The van der Waals surface area contributed by atoms with Gasteiger partial charge in [-0.1, -0.05) is 255 Å². The van der Waals surface area contributed by atoms with Gasteiger partial charge in [0.25, 0.3) is 0 Å². The first-order valence-electron chi connectivity index (χ1n) is 32.6. The highest BCUT2D eigenvalue weighted by Crippen LogP contribution is 2.43. The van der Waals surface area contributed by atoms with Crippen LogP contribution in [0.4, 0.5) is 0 Å². The lowest BCUT2D eigenvalue weighted by Gasteiger charge is -2.35. The summed E-state index contributed by atoms with van der Waals surface area (Å²) in [5, 5.41) is 10.9. The average Bonchev–Trinajstić information content (AvgIpc) is 0.735. The molecule has 8 aromatic heterocycles. The fraction of sp³-hybridized carbons (Fsp3) is 0. The number of nitrogens with zero attached hydrogens (tertiary/aromatic N) is 8. The van der Waals surface area contributed by atoms with Crippen LogP contribution in [0.5, 0.6) is 0 Å². The Morgan fingerprint density at radius 1 is 0.186 bits per heavy atom. The van der Waals surface area contributed by atoms with Crippen molar-refractivity contribution in [3.63, 3.8) is 0 Å². The number of para-hydroxylation sites is 2. The molecule has 0 amide bonds. The van der Waals surface area contributed by atoms with Crippen molar-refractivity contribution in [2.24, 2.45) is 0 Å². The molecule has 10 aromatic carbocycles. The molecule has 0 spiro atoms. The molecule has 0 aliphatic carbocycles. The Bertz CT molecular complexity index is 5680. The number of pyridine rings is 8. The number of benzene rings is 10. The van der Waals surface area contributed by atoms with E-state index in [9.17, 15) is 0 Å². The normalized spacial score (nSPS) is 11.7. The van der Waals surface area contributed by atoms with Gasteiger partial charge in [-0.05, 0) is 126 Å². The summed E-state index contributed by atoms with van der Waals surface area (Å²) in [7, 11) is -3.35. The molecular formula is C88H56N8Si. The first kappa shape index (κ1) is 56.9. The Labute approximate surface area is 560 Å². The third-order valence-electron chi connectivity index (χ3n) is 19.0. The zero-order chi connectivity index (χ0) is 64.2. The van der Waals surface area contributed by atoms with E-state index in [0.717, 1.165) is 155 Å². The molecule has 18 rings (SSSR count). The van der Waals surface area contributed by atoms with Crippen LogP contribution in [0.2, 0.25) is 0 Å². The van der Waals surface area contributed by atoms with Crippen LogP contribution in [0.3, 0.4) is 0 Å². The molecule has 0 bridgehead atoms. The zero-order valence-electron chi connectivity index (χ0n) is 52.4. The lowest BCUT2D eigenvalue weighted by atomic mass is 9.94. The summed E-state index contributed by atoms with van der Waals surface area (Å²) in [5.41, 5.74) is 19.9. The number of rotatable bonds is 12. The SMILES string of the molecule is c1ccc(-c2cc(-c3ccccn3)nc3c2ccc2c(-c4cccc([Si](c5ccccc5)(c5ccccc5)c5cccc(-c6cc(-c7cccc8cccnc78)nc7c6ccc6c(-c8ccccc8)cc(-c8ccccn8)nc67)c5)c4)cc(-c4cccc5cccnc45)nc23)cc1. The van der Waals surface area contributed by atoms with Gasteiger partial charge in [-0.15, -0.1) is 0 Å². The lowest BCUT2D eigenvalue weighted by molar-refractivity contribution is 1.27. The predicted octanol–water partition coefficient (Wildman–Crippen LogP) is 18.5. The highest BCUT2D eigenvalue weighted by Gasteiger charge is 2.42. The quantitative estimate of drug-likeness (QED) is 0.0677. The van der Waals surface area contributed by atoms with Crippen LogP contribution in [0.1, 0.15) is 0 Å². The predicted molar refractivity (Wildman–Crippen MR) is 401 cm³/mol. The molecule has 0 saturated carbocycles. The maximum absolute atomic E-state index is 5.72. The van der Waals surface area contributed by atoms with E-state index < -0.39 is 8.07 Å². The highest BCUT2D eigenvalue weighted by atomic mass is 28.3. The van der Waals surface area contributed by atoms with Gasteiger partial charge in [-0.2, -0.15) is 0 Å². The zero-order valence-corrected chi connectivity index (χ0v) is 53.4. The van der Waals surface area contributed by atoms with Crippen molar-refractivity contribution in [3.05, 3.63) is 340 Å². The van der Waals surface area contributed by atoms with Crippen molar-refractivity contribution in [3.8, 4) is 89.8 Å². The van der Waals surface area contributed by atoms with Crippen molar-refractivity contribution in [1.82, 2.24) is 39.9 Å². The molecule has 0 N–H and O–H groups in total. The van der Waals surface area contributed by atoms with Gasteiger partial charge in [-0.25, -0.2) is 19.9 Å². The monoisotopic (exact) mass is 1250 g/mol. The molecule has 452 valence electrons. The van der Waals surface area contributed by atoms with Gasteiger partial charge in [0.1, 0.15) is 0 Å². The molecular weight excluding hydrogens is 1200 g/mol. The van der Waals surface area contributed by atoms with E-state index in [-0.39, 0.29) is 0 Å². The summed E-state index contributed by atoms with van der Waals surface area (Å²) in [4.78, 5) is 42.3. The van der Waals surface area contributed by atoms with Crippen LogP contribution in [-0.4, -0.2) is 47.9 Å². The molecule has 0 saturated heterocycles. The molecule has 0 radical (unpaired) electrons. The second-order valence-electron chi connectivity index (χ2n) is 24.5. The van der Waals surface area contributed by atoms with Crippen LogP contribution in [0.15, 0.2) is 340 Å². The van der Waals surface area contributed by atoms with Crippen LogP contribution in [-0.2, 0) is 0 Å². The Balaban J connectivity index is 0.898. The van der Waals surface area contributed by atoms with Gasteiger partial charge in [0.2, 0.25) is 0 Å². The van der Waals surface area contributed by atoms with Crippen molar-refractivity contribution < 1.29 is 0 Å². The first-order chi connectivity index (χ1) is 48.1. The largest absolute Gasteiger partial charge is 0.256 e. The molecule has 8 nitrogen and oxygen atoms in total. The summed E-state index contributed by atoms with van der Waals surface area (Å²) in [6.07, 6.45) is 7.39. The first-order valence-corrected chi connectivity index (χ1v) is 34.6. The van der Waals surface area contributed by atoms with Gasteiger partial charge in [-0.3, -0.25) is 19.9 Å². The van der Waals surface area contributed by atoms with Crippen molar-refractivity contribution >= 4 is 94.2 Å². The maximum Gasteiger partial charge on any atom is 0.179 e. The summed E-state index contributed by atoms with van der Waals surface area (Å²) in [5.74, 6) is 0. The summed E-state index contributed by atoms with van der Waals surface area (Å²) in [6.45, 7) is 0. The minimum atomic E-state index is -3.35. The number of hydrogen-bond acceptors (Lipinski definition) is 8. The van der Waals surface area contributed by atoms with Gasteiger partial charge < -0.3 is 0 Å². The number of fused-ring (bicyclic) bond motifs is 8. The molecule has 9 heteroatoms. The Kier molecular flexibility index (Phi) is 14.0. The Hall–Kier alpha value is -12.8. The van der Waals surface area contributed by atoms with Gasteiger partial charge in [0.05, 0.1) is 67.3 Å². The van der Waals surface area contributed by atoms with Crippen LogP contribution in [0, 0.1) is 0 Å². The topological polar surface area (TPSA) is 103 Å². The van der Waals surface area contributed by atoms with E-state index in [1.807, 2.05) is 73.3 Å². The van der Waals surface area contributed by atoms with Crippen molar-refractivity contribution in [2.45, 2.75) is 0 Å². The van der Waals surface area contributed by atoms with E-state index >= 15 is 0 Å². The number of aromatic nitrogens is 8.